The molecule has 1 aromatic heterocycles. The van der Waals surface area contributed by atoms with Crippen LogP contribution >= 0.6 is 11.3 Å². The normalized spacial score (nSPS) is 14.1. The molecule has 26 heavy (non-hydrogen) atoms. The summed E-state index contributed by atoms with van der Waals surface area (Å²) in [5.41, 5.74) is 1.96. The van der Waals surface area contributed by atoms with Gasteiger partial charge in [-0.2, -0.15) is 13.2 Å². The fourth-order valence-corrected chi connectivity index (χ4v) is 4.03. The van der Waals surface area contributed by atoms with Gasteiger partial charge in [0.15, 0.2) is 0 Å². The molecule has 0 atom stereocenters. The Balaban J connectivity index is 1.85. The molecule has 2 heterocycles. The van der Waals surface area contributed by atoms with Crippen LogP contribution in [0.15, 0.2) is 24.3 Å². The summed E-state index contributed by atoms with van der Waals surface area (Å²) >= 11 is 1.15. The summed E-state index contributed by atoms with van der Waals surface area (Å²) < 4.78 is 38.9. The summed E-state index contributed by atoms with van der Waals surface area (Å²) in [6, 6.07) is 4.96. The summed E-state index contributed by atoms with van der Waals surface area (Å²) in [6.07, 6.45) is -4.02. The number of nitrogens with one attached hydrogen (secondary N) is 1. The van der Waals surface area contributed by atoms with Crippen molar-refractivity contribution in [3.63, 3.8) is 0 Å². The van der Waals surface area contributed by atoms with Crippen molar-refractivity contribution in [3.05, 3.63) is 56.3 Å². The third-order valence-corrected chi connectivity index (χ3v) is 5.31. The summed E-state index contributed by atoms with van der Waals surface area (Å²) in [6.45, 7) is 2.07. The maximum Gasteiger partial charge on any atom is 0.416 e. The van der Waals surface area contributed by atoms with E-state index in [0.29, 0.717) is 23.4 Å². The first-order chi connectivity index (χ1) is 12.2. The molecule has 0 fully saturated rings. The summed E-state index contributed by atoms with van der Waals surface area (Å²) in [7, 11) is 0. The summed E-state index contributed by atoms with van der Waals surface area (Å²) in [5, 5.41) is 8.71. The molecule has 0 aliphatic carbocycles. The van der Waals surface area contributed by atoms with Crippen molar-refractivity contribution in [2.75, 3.05) is 6.54 Å². The zero-order chi connectivity index (χ0) is 19.1. The lowest BCUT2D eigenvalue weighted by molar-refractivity contribution is -0.137. The first-order valence-electron chi connectivity index (χ1n) is 7.73. The van der Waals surface area contributed by atoms with Gasteiger partial charge in [0, 0.05) is 17.0 Å². The number of hydrogen-bond donors (Lipinski definition) is 2. The molecular formula is C17H15F3N2O3S. The van der Waals surface area contributed by atoms with Crippen LogP contribution in [0.3, 0.4) is 0 Å². The maximum absolute atomic E-state index is 13.0. The monoisotopic (exact) mass is 384 g/mol. The standard InChI is InChI=1S/C17H15F3N2O3S/c1-9-4-11(6-12(5-9)17(18,19)20)16(24)22-3-2-10-7-13(15(23)21-25)26-14(10)8-22/h4-7,25H,2-3,8H2,1H3,(H,21,23). The number of benzene rings is 1. The highest BCUT2D eigenvalue weighted by Crippen LogP contribution is 2.32. The van der Waals surface area contributed by atoms with E-state index in [1.54, 1.807) is 11.5 Å². The van der Waals surface area contributed by atoms with Crippen molar-refractivity contribution >= 4 is 23.2 Å². The second-order valence-corrected chi connectivity index (χ2v) is 7.20. The quantitative estimate of drug-likeness (QED) is 0.616. The lowest BCUT2D eigenvalue weighted by Gasteiger charge is -2.27. The third-order valence-electron chi connectivity index (χ3n) is 4.15. The molecule has 1 aliphatic rings. The van der Waals surface area contributed by atoms with E-state index >= 15 is 0 Å². The first kappa shape index (κ1) is 18.4. The fourth-order valence-electron chi connectivity index (χ4n) is 2.91. The molecular weight excluding hydrogens is 369 g/mol. The number of carbonyl (C=O) groups excluding carboxylic acids is 2. The van der Waals surface area contributed by atoms with Gasteiger partial charge in [0.2, 0.25) is 0 Å². The van der Waals surface area contributed by atoms with Gasteiger partial charge in [0.25, 0.3) is 11.8 Å². The van der Waals surface area contributed by atoms with E-state index in [9.17, 15) is 22.8 Å². The largest absolute Gasteiger partial charge is 0.416 e. The zero-order valence-corrected chi connectivity index (χ0v) is 14.5. The molecule has 0 bridgehead atoms. The minimum absolute atomic E-state index is 0.00865. The van der Waals surface area contributed by atoms with E-state index in [1.165, 1.54) is 17.9 Å². The number of alkyl halides is 3. The van der Waals surface area contributed by atoms with Gasteiger partial charge in [0.05, 0.1) is 17.0 Å². The number of aryl methyl sites for hydroxylation is 1. The average molecular weight is 384 g/mol. The average Bonchev–Trinajstić information content (AvgIpc) is 3.02. The fraction of sp³-hybridized carbons (Fsp3) is 0.294. The molecule has 2 amide bonds. The number of carbonyl (C=O) groups is 2. The van der Waals surface area contributed by atoms with Gasteiger partial charge in [-0.1, -0.05) is 0 Å². The van der Waals surface area contributed by atoms with E-state index in [4.69, 9.17) is 5.21 Å². The van der Waals surface area contributed by atoms with Crippen molar-refractivity contribution in [3.8, 4) is 0 Å². The van der Waals surface area contributed by atoms with Gasteiger partial charge in [-0.05, 0) is 48.7 Å². The molecule has 0 unspecified atom stereocenters. The zero-order valence-electron chi connectivity index (χ0n) is 13.7. The Morgan fingerprint density at radius 2 is 1.96 bits per heavy atom. The molecule has 1 aromatic carbocycles. The molecule has 2 N–H and O–H groups in total. The SMILES string of the molecule is Cc1cc(C(=O)N2CCc3cc(C(=O)NO)sc3C2)cc(C(F)(F)F)c1. The summed E-state index contributed by atoms with van der Waals surface area (Å²) in [5.74, 6) is -1.11. The maximum atomic E-state index is 13.0. The highest BCUT2D eigenvalue weighted by Gasteiger charge is 2.32. The number of fused-ring (bicyclic) bond motifs is 1. The molecule has 0 saturated heterocycles. The van der Waals surface area contributed by atoms with Crippen LogP contribution in [0.1, 0.15) is 41.6 Å². The molecule has 0 saturated carbocycles. The third kappa shape index (κ3) is 3.58. The lowest BCUT2D eigenvalue weighted by atomic mass is 10.0. The van der Waals surface area contributed by atoms with Crippen LogP contribution in [0.25, 0.3) is 0 Å². The molecule has 3 rings (SSSR count). The summed E-state index contributed by atoms with van der Waals surface area (Å²) in [4.78, 5) is 26.8. The van der Waals surface area contributed by atoms with Crippen LogP contribution in [0.2, 0.25) is 0 Å². The Kier molecular flexibility index (Phi) is 4.76. The van der Waals surface area contributed by atoms with Gasteiger partial charge >= 0.3 is 6.18 Å². The Labute approximate surface area is 151 Å². The van der Waals surface area contributed by atoms with Crippen molar-refractivity contribution in [1.82, 2.24) is 10.4 Å². The van der Waals surface area contributed by atoms with Crippen LogP contribution in [0.5, 0.6) is 0 Å². The van der Waals surface area contributed by atoms with Gasteiger partial charge in [-0.3, -0.25) is 14.8 Å². The van der Waals surface area contributed by atoms with E-state index in [1.807, 2.05) is 0 Å². The predicted molar refractivity (Wildman–Crippen MR) is 88.2 cm³/mol. The van der Waals surface area contributed by atoms with Crippen molar-refractivity contribution < 1.29 is 28.0 Å². The molecule has 5 nitrogen and oxygen atoms in total. The van der Waals surface area contributed by atoms with Crippen molar-refractivity contribution in [1.29, 1.82) is 0 Å². The first-order valence-corrected chi connectivity index (χ1v) is 8.55. The second-order valence-electron chi connectivity index (χ2n) is 6.06. The number of hydroxylamine groups is 1. The van der Waals surface area contributed by atoms with E-state index < -0.39 is 23.6 Å². The van der Waals surface area contributed by atoms with Crippen molar-refractivity contribution in [2.24, 2.45) is 0 Å². The van der Waals surface area contributed by atoms with Crippen LogP contribution in [0, 0.1) is 6.92 Å². The highest BCUT2D eigenvalue weighted by molar-refractivity contribution is 7.14. The predicted octanol–water partition coefficient (Wildman–Crippen LogP) is 3.39. The van der Waals surface area contributed by atoms with Crippen molar-refractivity contribution in [2.45, 2.75) is 26.1 Å². The highest BCUT2D eigenvalue weighted by atomic mass is 32.1. The molecule has 2 aromatic rings. The minimum Gasteiger partial charge on any atom is -0.333 e. The van der Waals surface area contributed by atoms with Gasteiger partial charge < -0.3 is 4.90 Å². The smallest absolute Gasteiger partial charge is 0.333 e. The van der Waals surface area contributed by atoms with Gasteiger partial charge in [0.1, 0.15) is 0 Å². The number of nitrogens with zero attached hydrogens (tertiary/aromatic N) is 1. The molecule has 9 heteroatoms. The molecule has 138 valence electrons. The van der Waals surface area contributed by atoms with Crippen LogP contribution < -0.4 is 5.48 Å². The number of rotatable bonds is 2. The number of hydrogen-bond acceptors (Lipinski definition) is 4. The van der Waals surface area contributed by atoms with Gasteiger partial charge in [-0.15, -0.1) is 11.3 Å². The van der Waals surface area contributed by atoms with Crippen LogP contribution in [0.4, 0.5) is 13.2 Å². The Bertz CT molecular complexity index is 877. The van der Waals surface area contributed by atoms with E-state index in [0.717, 1.165) is 33.9 Å². The Hall–Kier alpha value is -2.39. The second kappa shape index (κ2) is 6.73. The van der Waals surface area contributed by atoms with Gasteiger partial charge in [-0.25, -0.2) is 5.48 Å². The molecule has 1 aliphatic heterocycles. The Morgan fingerprint density at radius 3 is 2.62 bits per heavy atom. The lowest BCUT2D eigenvalue weighted by Crippen LogP contribution is -2.35. The number of amides is 2. The number of halogens is 3. The van der Waals surface area contributed by atoms with E-state index in [2.05, 4.69) is 0 Å². The van der Waals surface area contributed by atoms with E-state index in [-0.39, 0.29) is 12.1 Å². The number of thiophene rings is 1. The molecule has 0 radical (unpaired) electrons. The van der Waals surface area contributed by atoms with Crippen LogP contribution in [-0.2, 0) is 19.1 Å². The topological polar surface area (TPSA) is 69.6 Å². The Morgan fingerprint density at radius 1 is 1.23 bits per heavy atom. The minimum atomic E-state index is -4.52. The van der Waals surface area contributed by atoms with Crippen LogP contribution in [-0.4, -0.2) is 28.5 Å². The molecule has 0 spiro atoms.